The minimum Gasteiger partial charge on any atom is -0.356 e. The normalized spacial score (nSPS) is 22.8. The summed E-state index contributed by atoms with van der Waals surface area (Å²) in [5, 5.41) is 5.69. The molecule has 0 amide bonds. The molecule has 0 saturated heterocycles. The second kappa shape index (κ2) is 6.85. The molecule has 21 heavy (non-hydrogen) atoms. The first kappa shape index (κ1) is 14.9. The zero-order valence-corrected chi connectivity index (χ0v) is 13.5. The summed E-state index contributed by atoms with van der Waals surface area (Å²) in [6, 6.07) is 8.89. The number of halogens is 1. The molecule has 0 bridgehead atoms. The maximum Gasteiger partial charge on any atom is 0.0705 e. The summed E-state index contributed by atoms with van der Waals surface area (Å²) in [7, 11) is 0. The molecule has 0 spiro atoms. The quantitative estimate of drug-likeness (QED) is 0.773. The third kappa shape index (κ3) is 3.44. The number of hydrogen-bond acceptors (Lipinski definition) is 1. The molecule has 0 radical (unpaired) electrons. The highest BCUT2D eigenvalue weighted by atomic mass is 35.5. The molecule has 1 fully saturated rings. The Hall–Kier alpha value is -0.990. The van der Waals surface area contributed by atoms with E-state index in [-0.39, 0.29) is 0 Å². The van der Waals surface area contributed by atoms with E-state index in [1.165, 1.54) is 38.5 Å². The number of benzene rings is 1. The monoisotopic (exact) mass is 304 g/mol. The van der Waals surface area contributed by atoms with Crippen LogP contribution in [-0.4, -0.2) is 11.0 Å². The van der Waals surface area contributed by atoms with Crippen molar-refractivity contribution in [2.24, 2.45) is 5.92 Å². The van der Waals surface area contributed by atoms with Gasteiger partial charge in [0.15, 0.2) is 0 Å². The van der Waals surface area contributed by atoms with Crippen molar-refractivity contribution < 1.29 is 0 Å². The van der Waals surface area contributed by atoms with Crippen molar-refractivity contribution in [1.29, 1.82) is 0 Å². The highest BCUT2D eigenvalue weighted by Gasteiger charge is 2.20. The molecule has 1 aromatic heterocycles. The summed E-state index contributed by atoms with van der Waals surface area (Å²) in [5.41, 5.74) is 2.25. The smallest absolute Gasteiger partial charge is 0.0705 e. The molecule has 0 atom stereocenters. The second-order valence-electron chi connectivity index (χ2n) is 6.35. The van der Waals surface area contributed by atoms with E-state index in [1.54, 1.807) is 0 Å². The van der Waals surface area contributed by atoms with Gasteiger partial charge in [-0.1, -0.05) is 49.6 Å². The molecule has 0 unspecified atom stereocenters. The van der Waals surface area contributed by atoms with Crippen molar-refractivity contribution in [2.75, 3.05) is 0 Å². The fourth-order valence-corrected chi connectivity index (χ4v) is 3.87. The van der Waals surface area contributed by atoms with Crippen molar-refractivity contribution in [2.45, 2.75) is 58.0 Å². The summed E-state index contributed by atoms with van der Waals surface area (Å²) in [6.45, 7) is 3.14. The summed E-state index contributed by atoms with van der Waals surface area (Å²) >= 11 is 6.47. The van der Waals surface area contributed by atoms with Crippen LogP contribution in [-0.2, 0) is 6.54 Å². The Bertz CT molecular complexity index is 582. The van der Waals surface area contributed by atoms with Crippen LogP contribution in [0.5, 0.6) is 0 Å². The number of fused-ring (bicyclic) bond motifs is 1. The van der Waals surface area contributed by atoms with Crippen LogP contribution < -0.4 is 5.32 Å². The molecule has 2 aromatic rings. The molecule has 2 N–H and O–H groups in total. The van der Waals surface area contributed by atoms with E-state index in [0.29, 0.717) is 6.04 Å². The van der Waals surface area contributed by atoms with Crippen LogP contribution >= 0.6 is 11.6 Å². The van der Waals surface area contributed by atoms with Crippen molar-refractivity contribution in [3.8, 4) is 0 Å². The van der Waals surface area contributed by atoms with Crippen LogP contribution in [0.15, 0.2) is 24.3 Å². The summed E-state index contributed by atoms with van der Waals surface area (Å²) in [4.78, 5) is 3.44. The van der Waals surface area contributed by atoms with Crippen molar-refractivity contribution in [3.63, 3.8) is 0 Å². The maximum atomic E-state index is 6.47. The zero-order chi connectivity index (χ0) is 14.7. The van der Waals surface area contributed by atoms with E-state index in [2.05, 4.69) is 29.4 Å². The average molecular weight is 305 g/mol. The Morgan fingerprint density at radius 3 is 2.67 bits per heavy atom. The summed E-state index contributed by atoms with van der Waals surface area (Å²) in [6.07, 6.45) is 8.11. The van der Waals surface area contributed by atoms with E-state index in [1.807, 2.05) is 12.1 Å². The first-order valence-corrected chi connectivity index (χ1v) is 8.64. The molecule has 2 nitrogen and oxygen atoms in total. The number of rotatable bonds is 5. The van der Waals surface area contributed by atoms with Gasteiger partial charge < -0.3 is 10.3 Å². The van der Waals surface area contributed by atoms with E-state index in [4.69, 9.17) is 11.6 Å². The Morgan fingerprint density at radius 2 is 1.95 bits per heavy atom. The first-order chi connectivity index (χ1) is 10.3. The Morgan fingerprint density at radius 1 is 1.19 bits per heavy atom. The lowest BCUT2D eigenvalue weighted by atomic mass is 9.83. The lowest BCUT2D eigenvalue weighted by Crippen LogP contribution is -2.32. The number of aromatic amines is 1. The number of para-hydroxylation sites is 1. The van der Waals surface area contributed by atoms with Crippen molar-refractivity contribution in [1.82, 2.24) is 10.3 Å². The van der Waals surface area contributed by atoms with Crippen LogP contribution in [0.25, 0.3) is 10.9 Å². The molecular formula is C18H25ClN2. The van der Waals surface area contributed by atoms with Gasteiger partial charge in [0.05, 0.1) is 5.02 Å². The predicted octanol–water partition coefficient (Wildman–Crippen LogP) is 5.27. The second-order valence-corrected chi connectivity index (χ2v) is 6.73. The van der Waals surface area contributed by atoms with Crippen molar-refractivity contribution in [3.05, 3.63) is 35.0 Å². The molecule has 114 valence electrons. The van der Waals surface area contributed by atoms with Crippen LogP contribution in [0.1, 0.15) is 51.1 Å². The van der Waals surface area contributed by atoms with E-state index in [0.717, 1.165) is 34.1 Å². The van der Waals surface area contributed by atoms with E-state index < -0.39 is 0 Å². The van der Waals surface area contributed by atoms with Crippen molar-refractivity contribution >= 4 is 22.5 Å². The Kier molecular flexibility index (Phi) is 4.87. The van der Waals surface area contributed by atoms with Crippen LogP contribution in [0.3, 0.4) is 0 Å². The minimum absolute atomic E-state index is 0.653. The molecule has 1 aromatic carbocycles. The third-order valence-corrected chi connectivity index (χ3v) is 5.26. The first-order valence-electron chi connectivity index (χ1n) is 8.26. The molecular weight excluding hydrogens is 280 g/mol. The van der Waals surface area contributed by atoms with Gasteiger partial charge in [-0.25, -0.2) is 0 Å². The minimum atomic E-state index is 0.653. The van der Waals surface area contributed by atoms with Gasteiger partial charge in [-0.2, -0.15) is 0 Å². The molecule has 1 aliphatic rings. The van der Waals surface area contributed by atoms with Gasteiger partial charge in [-0.15, -0.1) is 0 Å². The van der Waals surface area contributed by atoms with E-state index in [9.17, 15) is 0 Å². The maximum absolute atomic E-state index is 6.47. The number of aromatic nitrogens is 1. The summed E-state index contributed by atoms with van der Waals surface area (Å²) < 4.78 is 0. The van der Waals surface area contributed by atoms with Gasteiger partial charge in [0.25, 0.3) is 0 Å². The SMILES string of the molecule is CCCC1CCC(NCc2[nH]c3ccccc3c2Cl)CC1. The lowest BCUT2D eigenvalue weighted by Gasteiger charge is -2.29. The fourth-order valence-electron chi connectivity index (χ4n) is 3.60. The summed E-state index contributed by atoms with van der Waals surface area (Å²) in [5.74, 6) is 0.963. The number of nitrogens with one attached hydrogen (secondary N) is 2. The molecule has 1 aliphatic carbocycles. The number of hydrogen-bond donors (Lipinski definition) is 2. The third-order valence-electron chi connectivity index (χ3n) is 4.83. The van der Waals surface area contributed by atoms with Gasteiger partial charge in [-0.05, 0) is 37.7 Å². The fraction of sp³-hybridized carbons (Fsp3) is 0.556. The van der Waals surface area contributed by atoms with Gasteiger partial charge in [0.1, 0.15) is 0 Å². The van der Waals surface area contributed by atoms with Gasteiger partial charge in [-0.3, -0.25) is 0 Å². The van der Waals surface area contributed by atoms with E-state index >= 15 is 0 Å². The van der Waals surface area contributed by atoms with Gasteiger partial charge in [0, 0.05) is 29.2 Å². The van der Waals surface area contributed by atoms with Crippen LogP contribution in [0, 0.1) is 5.92 Å². The molecule has 3 heteroatoms. The highest BCUT2D eigenvalue weighted by molar-refractivity contribution is 6.36. The molecule has 1 saturated carbocycles. The Labute approximate surface area is 132 Å². The topological polar surface area (TPSA) is 27.8 Å². The molecule has 3 rings (SSSR count). The Balaban J connectivity index is 1.56. The van der Waals surface area contributed by atoms with Crippen LogP contribution in [0.2, 0.25) is 5.02 Å². The molecule has 1 heterocycles. The van der Waals surface area contributed by atoms with Gasteiger partial charge in [0.2, 0.25) is 0 Å². The largest absolute Gasteiger partial charge is 0.356 e. The highest BCUT2D eigenvalue weighted by Crippen LogP contribution is 2.29. The predicted molar refractivity (Wildman–Crippen MR) is 90.8 cm³/mol. The molecule has 0 aliphatic heterocycles. The standard InChI is InChI=1S/C18H25ClN2/c1-2-5-13-8-10-14(11-9-13)20-12-17-18(19)15-6-3-4-7-16(15)21-17/h3-4,6-7,13-14,20-21H,2,5,8-12H2,1H3. The average Bonchev–Trinajstić information content (AvgIpc) is 2.84. The lowest BCUT2D eigenvalue weighted by molar-refractivity contribution is 0.277. The van der Waals surface area contributed by atoms with Gasteiger partial charge >= 0.3 is 0 Å². The van der Waals surface area contributed by atoms with Crippen LogP contribution in [0.4, 0.5) is 0 Å². The number of H-pyrrole nitrogens is 1. The zero-order valence-electron chi connectivity index (χ0n) is 12.8.